The Bertz CT molecular complexity index is 1040. The fourth-order valence-corrected chi connectivity index (χ4v) is 3.52. The number of hydrogen-bond donors (Lipinski definition) is 2. The van der Waals surface area contributed by atoms with E-state index in [4.69, 9.17) is 17.0 Å². The van der Waals surface area contributed by atoms with E-state index in [-0.39, 0.29) is 0 Å². The molecule has 0 aliphatic carbocycles. The smallest absolute Gasteiger partial charge is 0.250 e. The highest BCUT2D eigenvalue weighted by Gasteiger charge is 2.12. The number of ether oxygens (including phenoxy) is 1. The van der Waals surface area contributed by atoms with Crippen LogP contribution in [0.3, 0.4) is 0 Å². The summed E-state index contributed by atoms with van der Waals surface area (Å²) >= 11 is 6.85. The molecule has 2 aromatic carbocycles. The number of methoxy groups -OCH3 is 1. The lowest BCUT2D eigenvalue weighted by Crippen LogP contribution is -2.19. The first kappa shape index (κ1) is 16.5. The highest BCUT2D eigenvalue weighted by molar-refractivity contribution is 7.80. The van der Waals surface area contributed by atoms with Crippen molar-refractivity contribution in [1.29, 1.82) is 0 Å². The third-order valence-electron chi connectivity index (χ3n) is 3.72. The molecule has 2 aromatic heterocycles. The van der Waals surface area contributed by atoms with E-state index in [1.807, 2.05) is 60.0 Å². The van der Waals surface area contributed by atoms with Crippen LogP contribution in [0.4, 0.5) is 11.6 Å². The Morgan fingerprint density at radius 2 is 1.85 bits per heavy atom. The van der Waals surface area contributed by atoms with Crippen LogP contribution in [0.5, 0.6) is 5.75 Å². The van der Waals surface area contributed by atoms with Crippen LogP contribution in [0, 0.1) is 0 Å². The highest BCUT2D eigenvalue weighted by Crippen LogP contribution is 2.27. The number of benzene rings is 2. The van der Waals surface area contributed by atoms with Crippen molar-refractivity contribution in [2.45, 2.75) is 0 Å². The molecule has 26 heavy (non-hydrogen) atoms. The minimum absolute atomic E-state index is 0.445. The summed E-state index contributed by atoms with van der Waals surface area (Å²) in [4.78, 5) is 5.27. The van der Waals surface area contributed by atoms with Crippen molar-refractivity contribution < 1.29 is 4.74 Å². The van der Waals surface area contributed by atoms with Crippen molar-refractivity contribution in [3.63, 3.8) is 0 Å². The first-order valence-corrected chi connectivity index (χ1v) is 9.13. The second kappa shape index (κ2) is 7.11. The number of rotatable bonds is 4. The van der Waals surface area contributed by atoms with E-state index in [1.54, 1.807) is 11.6 Å². The number of aromatic nitrogens is 3. The van der Waals surface area contributed by atoms with Crippen molar-refractivity contribution in [3.8, 4) is 17.0 Å². The molecule has 0 unspecified atom stereocenters. The first-order valence-electron chi connectivity index (χ1n) is 7.85. The molecule has 0 radical (unpaired) electrons. The van der Waals surface area contributed by atoms with Crippen molar-refractivity contribution in [1.82, 2.24) is 14.6 Å². The van der Waals surface area contributed by atoms with Gasteiger partial charge in [-0.3, -0.25) is 5.32 Å². The number of thiazole rings is 1. The van der Waals surface area contributed by atoms with Crippen LogP contribution >= 0.6 is 23.6 Å². The Balaban J connectivity index is 1.54. The summed E-state index contributed by atoms with van der Waals surface area (Å²) in [6, 6.07) is 17.6. The number of hydrogen-bond acceptors (Lipinski definition) is 5. The van der Waals surface area contributed by atoms with E-state index in [0.29, 0.717) is 11.1 Å². The Kier molecular flexibility index (Phi) is 4.51. The standard InChI is InChI=1S/C18H15N5OS2/c1-24-14-9-7-12(8-10-14)15-11-26-18-21-16(22-23(15)18)20-17(25)19-13-5-3-2-4-6-13/h2-11H,1H3,(H2,19,20,22,25). The molecule has 0 saturated carbocycles. The number of para-hydroxylation sites is 1. The zero-order valence-electron chi connectivity index (χ0n) is 13.8. The normalized spacial score (nSPS) is 10.7. The Morgan fingerprint density at radius 3 is 2.58 bits per heavy atom. The fraction of sp³-hybridized carbons (Fsp3) is 0.0556. The third-order valence-corrected chi connectivity index (χ3v) is 4.74. The summed E-state index contributed by atoms with van der Waals surface area (Å²) in [7, 11) is 1.65. The predicted molar refractivity (Wildman–Crippen MR) is 109 cm³/mol. The SMILES string of the molecule is COc1ccc(-c2csc3nc(NC(=S)Nc4ccccc4)nn23)cc1. The van der Waals surface area contributed by atoms with Crippen LogP contribution in [0.15, 0.2) is 60.0 Å². The van der Waals surface area contributed by atoms with Gasteiger partial charge in [0.25, 0.3) is 0 Å². The van der Waals surface area contributed by atoms with E-state index in [1.165, 1.54) is 11.3 Å². The van der Waals surface area contributed by atoms with Gasteiger partial charge in [0, 0.05) is 16.6 Å². The van der Waals surface area contributed by atoms with Gasteiger partial charge in [0.05, 0.1) is 12.8 Å². The monoisotopic (exact) mass is 381 g/mol. The van der Waals surface area contributed by atoms with Crippen LogP contribution in [0.2, 0.25) is 0 Å². The lowest BCUT2D eigenvalue weighted by Gasteiger charge is -2.07. The lowest BCUT2D eigenvalue weighted by atomic mass is 10.2. The van der Waals surface area contributed by atoms with Gasteiger partial charge in [-0.05, 0) is 48.6 Å². The molecule has 2 heterocycles. The minimum Gasteiger partial charge on any atom is -0.497 e. The summed E-state index contributed by atoms with van der Waals surface area (Å²) in [5, 5.41) is 13.1. The molecule has 0 saturated heterocycles. The van der Waals surface area contributed by atoms with E-state index in [2.05, 4.69) is 20.7 Å². The zero-order chi connectivity index (χ0) is 17.9. The molecule has 130 valence electrons. The van der Waals surface area contributed by atoms with Crippen LogP contribution < -0.4 is 15.4 Å². The number of nitrogens with zero attached hydrogens (tertiary/aromatic N) is 3. The summed E-state index contributed by atoms with van der Waals surface area (Å²) < 4.78 is 7.01. The second-order valence-electron chi connectivity index (χ2n) is 5.42. The van der Waals surface area contributed by atoms with Crippen LogP contribution in [-0.4, -0.2) is 26.8 Å². The summed E-state index contributed by atoms with van der Waals surface area (Å²) in [5.74, 6) is 1.28. The lowest BCUT2D eigenvalue weighted by molar-refractivity contribution is 0.415. The van der Waals surface area contributed by atoms with Gasteiger partial charge in [-0.1, -0.05) is 18.2 Å². The van der Waals surface area contributed by atoms with Gasteiger partial charge in [0.15, 0.2) is 5.11 Å². The molecule has 8 heteroatoms. The molecular formula is C18H15N5OS2. The van der Waals surface area contributed by atoms with Gasteiger partial charge in [-0.2, -0.15) is 4.98 Å². The maximum atomic E-state index is 5.33. The van der Waals surface area contributed by atoms with Gasteiger partial charge in [0.1, 0.15) is 5.75 Å². The molecule has 0 aliphatic heterocycles. The molecule has 0 spiro atoms. The molecule has 0 fully saturated rings. The molecule has 0 atom stereocenters. The van der Waals surface area contributed by atoms with Gasteiger partial charge < -0.3 is 10.1 Å². The molecule has 6 nitrogen and oxygen atoms in total. The zero-order valence-corrected chi connectivity index (χ0v) is 15.5. The van der Waals surface area contributed by atoms with Crippen LogP contribution in [-0.2, 0) is 0 Å². The molecule has 4 rings (SSSR count). The van der Waals surface area contributed by atoms with Gasteiger partial charge in [0.2, 0.25) is 10.9 Å². The first-order chi connectivity index (χ1) is 12.7. The number of nitrogens with one attached hydrogen (secondary N) is 2. The van der Waals surface area contributed by atoms with Gasteiger partial charge >= 0.3 is 0 Å². The number of anilines is 2. The molecule has 0 bridgehead atoms. The number of thiocarbonyl (C=S) groups is 1. The van der Waals surface area contributed by atoms with Crippen molar-refractivity contribution in [2.75, 3.05) is 17.7 Å². The summed E-state index contributed by atoms with van der Waals surface area (Å²) in [6.45, 7) is 0. The fourth-order valence-electron chi connectivity index (χ4n) is 2.48. The quantitative estimate of drug-likeness (QED) is 0.515. The Labute approximate surface area is 159 Å². The Hall–Kier alpha value is -2.97. The molecule has 0 amide bonds. The predicted octanol–water partition coefficient (Wildman–Crippen LogP) is 4.28. The van der Waals surface area contributed by atoms with Crippen molar-refractivity contribution in [2.24, 2.45) is 0 Å². The minimum atomic E-state index is 0.445. The second-order valence-corrected chi connectivity index (χ2v) is 6.67. The van der Waals surface area contributed by atoms with Crippen LogP contribution in [0.1, 0.15) is 0 Å². The van der Waals surface area contributed by atoms with E-state index in [9.17, 15) is 0 Å². The van der Waals surface area contributed by atoms with E-state index < -0.39 is 0 Å². The van der Waals surface area contributed by atoms with Crippen molar-refractivity contribution in [3.05, 3.63) is 60.0 Å². The van der Waals surface area contributed by atoms with Gasteiger partial charge in [-0.15, -0.1) is 16.4 Å². The largest absolute Gasteiger partial charge is 0.497 e. The third kappa shape index (κ3) is 3.37. The summed E-state index contributed by atoms with van der Waals surface area (Å²) in [6.07, 6.45) is 0. The molecule has 2 N–H and O–H groups in total. The van der Waals surface area contributed by atoms with E-state index in [0.717, 1.165) is 27.7 Å². The van der Waals surface area contributed by atoms with Gasteiger partial charge in [-0.25, -0.2) is 4.52 Å². The Morgan fingerprint density at radius 1 is 1.08 bits per heavy atom. The highest BCUT2D eigenvalue weighted by atomic mass is 32.1. The molecule has 4 aromatic rings. The summed E-state index contributed by atoms with van der Waals surface area (Å²) in [5.41, 5.74) is 2.92. The van der Waals surface area contributed by atoms with Crippen molar-refractivity contribution >= 4 is 45.3 Å². The van der Waals surface area contributed by atoms with E-state index >= 15 is 0 Å². The average molecular weight is 381 g/mol. The van der Waals surface area contributed by atoms with Crippen LogP contribution in [0.25, 0.3) is 16.2 Å². The maximum Gasteiger partial charge on any atom is 0.250 e. The number of fused-ring (bicyclic) bond motifs is 1. The molecule has 0 aliphatic rings. The maximum absolute atomic E-state index is 5.33. The topological polar surface area (TPSA) is 63.5 Å². The average Bonchev–Trinajstić information content (AvgIpc) is 3.22. The molecular weight excluding hydrogens is 366 g/mol.